The fraction of sp³-hybridized carbons (Fsp3) is 0.471. The van der Waals surface area contributed by atoms with Gasteiger partial charge < -0.3 is 10.6 Å². The Bertz CT molecular complexity index is 628. The molecule has 0 aliphatic heterocycles. The number of rotatable bonds is 4. The Hall–Kier alpha value is -1.27. The van der Waals surface area contributed by atoms with E-state index in [1.807, 2.05) is 24.3 Å². The molecular weight excluding hydrogens is 376 g/mol. The Labute approximate surface area is 150 Å². The van der Waals surface area contributed by atoms with Crippen LogP contribution in [0.5, 0.6) is 0 Å². The second-order valence-electron chi connectivity index (χ2n) is 6.63. The van der Waals surface area contributed by atoms with Gasteiger partial charge in [-0.05, 0) is 61.2 Å². The van der Waals surface area contributed by atoms with Crippen molar-refractivity contribution >= 4 is 50.6 Å². The fourth-order valence-corrected chi connectivity index (χ4v) is 3.65. The number of nitrogens with one attached hydrogen (secondary N) is 2. The fourth-order valence-electron chi connectivity index (χ4n) is 3.15. The van der Waals surface area contributed by atoms with E-state index in [4.69, 9.17) is 12.2 Å². The molecule has 1 aromatic rings. The number of halogens is 1. The first-order valence-corrected chi connectivity index (χ1v) is 8.77. The van der Waals surface area contributed by atoms with Gasteiger partial charge in [0.15, 0.2) is 5.11 Å². The van der Waals surface area contributed by atoms with Crippen molar-refractivity contribution in [2.45, 2.75) is 33.6 Å². The Morgan fingerprint density at radius 1 is 1.30 bits per heavy atom. The third kappa shape index (κ3) is 4.38. The summed E-state index contributed by atoms with van der Waals surface area (Å²) in [7, 11) is 0. The smallest absolute Gasteiger partial charge is 0.226 e. The summed E-state index contributed by atoms with van der Waals surface area (Å²) in [5, 5.41) is 5.98. The molecule has 1 aliphatic rings. The summed E-state index contributed by atoms with van der Waals surface area (Å²) >= 11 is 8.53. The van der Waals surface area contributed by atoms with Gasteiger partial charge in [0, 0.05) is 22.5 Å². The first-order chi connectivity index (χ1) is 10.7. The molecule has 1 amide bonds. The average Bonchev–Trinajstić information content (AvgIpc) is 2.45. The molecule has 1 aliphatic carbocycles. The van der Waals surface area contributed by atoms with E-state index in [0.29, 0.717) is 6.42 Å². The van der Waals surface area contributed by atoms with Crippen LogP contribution in [0.15, 0.2) is 28.7 Å². The van der Waals surface area contributed by atoms with Gasteiger partial charge in [-0.15, -0.1) is 0 Å². The zero-order valence-corrected chi connectivity index (χ0v) is 15.9. The predicted molar refractivity (Wildman–Crippen MR) is 99.2 cm³/mol. The highest BCUT2D eigenvalue weighted by Gasteiger charge is 2.50. The standard InChI is InChI=1S/C17H21BrN2O2S/c1-10(21)14-8-11(17(14,2)3)9-15(22)20-16(23)19-13-6-4-12(18)5-7-13/h4-7,11,14H,8-9H2,1-3H3,(H2,19,20,22,23)/t11-,14-/m1/s1. The third-order valence-corrected chi connectivity index (χ3v) is 5.48. The zero-order valence-electron chi connectivity index (χ0n) is 13.5. The highest BCUT2D eigenvalue weighted by atomic mass is 79.9. The van der Waals surface area contributed by atoms with E-state index in [9.17, 15) is 9.59 Å². The number of hydrogen-bond acceptors (Lipinski definition) is 3. The van der Waals surface area contributed by atoms with Crippen LogP contribution in [0.25, 0.3) is 0 Å². The molecule has 6 heteroatoms. The molecule has 0 spiro atoms. The lowest BCUT2D eigenvalue weighted by Gasteiger charge is -2.51. The van der Waals surface area contributed by atoms with Crippen LogP contribution in [0.3, 0.4) is 0 Å². The van der Waals surface area contributed by atoms with Gasteiger partial charge in [-0.3, -0.25) is 9.59 Å². The van der Waals surface area contributed by atoms with E-state index in [0.717, 1.165) is 16.6 Å². The van der Waals surface area contributed by atoms with Crippen molar-refractivity contribution < 1.29 is 9.59 Å². The maximum absolute atomic E-state index is 12.1. The number of hydrogen-bond donors (Lipinski definition) is 2. The Kier molecular flexibility index (Phi) is 5.57. The maximum Gasteiger partial charge on any atom is 0.226 e. The van der Waals surface area contributed by atoms with Crippen molar-refractivity contribution in [3.8, 4) is 0 Å². The molecule has 0 radical (unpaired) electrons. The van der Waals surface area contributed by atoms with E-state index in [-0.39, 0.29) is 34.1 Å². The van der Waals surface area contributed by atoms with Crippen molar-refractivity contribution in [2.75, 3.05) is 5.32 Å². The van der Waals surface area contributed by atoms with Gasteiger partial charge in [0.25, 0.3) is 0 Å². The summed E-state index contributed by atoms with van der Waals surface area (Å²) in [6, 6.07) is 7.53. The molecule has 124 valence electrons. The van der Waals surface area contributed by atoms with Gasteiger partial charge in [0.1, 0.15) is 5.78 Å². The number of carbonyl (C=O) groups is 2. The zero-order chi connectivity index (χ0) is 17.2. The SMILES string of the molecule is CC(=O)[C@H]1C[C@H](CC(=O)NC(=S)Nc2ccc(Br)cc2)C1(C)C. The van der Waals surface area contributed by atoms with Crippen LogP contribution in [0, 0.1) is 17.3 Å². The van der Waals surface area contributed by atoms with Gasteiger partial charge >= 0.3 is 0 Å². The van der Waals surface area contributed by atoms with Crippen molar-refractivity contribution in [2.24, 2.45) is 17.3 Å². The van der Waals surface area contributed by atoms with E-state index in [1.165, 1.54) is 0 Å². The quantitative estimate of drug-likeness (QED) is 0.757. The van der Waals surface area contributed by atoms with E-state index >= 15 is 0 Å². The molecular formula is C17H21BrN2O2S. The Morgan fingerprint density at radius 3 is 2.43 bits per heavy atom. The molecule has 1 fully saturated rings. The summed E-state index contributed by atoms with van der Waals surface area (Å²) in [5.74, 6) is 0.374. The summed E-state index contributed by atoms with van der Waals surface area (Å²) in [4.78, 5) is 23.7. The predicted octanol–water partition coefficient (Wildman–Crippen LogP) is 3.90. The third-order valence-electron chi connectivity index (χ3n) is 4.75. The molecule has 0 aromatic heterocycles. The Balaban J connectivity index is 1.82. The van der Waals surface area contributed by atoms with Gasteiger partial charge in [-0.2, -0.15) is 0 Å². The van der Waals surface area contributed by atoms with Crippen LogP contribution in [-0.2, 0) is 9.59 Å². The number of amides is 1. The minimum atomic E-state index is -0.121. The lowest BCUT2D eigenvalue weighted by molar-refractivity contribution is -0.140. The highest BCUT2D eigenvalue weighted by molar-refractivity contribution is 9.10. The molecule has 0 bridgehead atoms. The second-order valence-corrected chi connectivity index (χ2v) is 7.95. The summed E-state index contributed by atoms with van der Waals surface area (Å²) in [6.45, 7) is 5.73. The van der Waals surface area contributed by atoms with Gasteiger partial charge in [-0.1, -0.05) is 29.8 Å². The van der Waals surface area contributed by atoms with Crippen LogP contribution in [0.1, 0.15) is 33.6 Å². The molecule has 2 atom stereocenters. The molecule has 0 unspecified atom stereocenters. The maximum atomic E-state index is 12.1. The highest BCUT2D eigenvalue weighted by Crippen LogP contribution is 2.53. The molecule has 23 heavy (non-hydrogen) atoms. The van der Waals surface area contributed by atoms with Gasteiger partial charge in [-0.25, -0.2) is 0 Å². The number of benzene rings is 1. The largest absolute Gasteiger partial charge is 0.332 e. The second kappa shape index (κ2) is 7.09. The van der Waals surface area contributed by atoms with Crippen LogP contribution < -0.4 is 10.6 Å². The van der Waals surface area contributed by atoms with E-state index in [1.54, 1.807) is 6.92 Å². The van der Waals surface area contributed by atoms with E-state index in [2.05, 4.69) is 40.4 Å². The number of anilines is 1. The van der Waals surface area contributed by atoms with Crippen molar-refractivity contribution in [3.05, 3.63) is 28.7 Å². The van der Waals surface area contributed by atoms with Crippen LogP contribution in [-0.4, -0.2) is 16.8 Å². The van der Waals surface area contributed by atoms with Crippen molar-refractivity contribution in [1.82, 2.24) is 5.32 Å². The summed E-state index contributed by atoms with van der Waals surface area (Å²) in [5.41, 5.74) is 0.698. The normalized spacial score (nSPS) is 21.9. The van der Waals surface area contributed by atoms with Crippen molar-refractivity contribution in [3.63, 3.8) is 0 Å². The minimum Gasteiger partial charge on any atom is -0.332 e. The molecule has 4 nitrogen and oxygen atoms in total. The van der Waals surface area contributed by atoms with Gasteiger partial charge in [0.2, 0.25) is 5.91 Å². The number of thiocarbonyl (C=S) groups is 1. The first-order valence-electron chi connectivity index (χ1n) is 7.57. The summed E-state index contributed by atoms with van der Waals surface area (Å²) < 4.78 is 0.977. The van der Waals surface area contributed by atoms with Gasteiger partial charge in [0.05, 0.1) is 0 Å². The molecule has 0 heterocycles. The minimum absolute atomic E-state index is 0.0631. The number of ketones is 1. The van der Waals surface area contributed by atoms with Crippen LogP contribution >= 0.6 is 28.1 Å². The summed E-state index contributed by atoms with van der Waals surface area (Å²) in [6.07, 6.45) is 1.17. The lowest BCUT2D eigenvalue weighted by Crippen LogP contribution is -2.50. The molecule has 2 rings (SSSR count). The van der Waals surface area contributed by atoms with Crippen LogP contribution in [0.2, 0.25) is 0 Å². The van der Waals surface area contributed by atoms with Crippen molar-refractivity contribution in [1.29, 1.82) is 0 Å². The van der Waals surface area contributed by atoms with E-state index < -0.39 is 0 Å². The molecule has 1 saturated carbocycles. The van der Waals surface area contributed by atoms with Crippen LogP contribution in [0.4, 0.5) is 5.69 Å². The average molecular weight is 397 g/mol. The lowest BCUT2D eigenvalue weighted by atomic mass is 9.52. The monoisotopic (exact) mass is 396 g/mol. The number of carbonyl (C=O) groups excluding carboxylic acids is 2. The topological polar surface area (TPSA) is 58.2 Å². The molecule has 0 saturated heterocycles. The molecule has 1 aromatic carbocycles. The Morgan fingerprint density at radius 2 is 1.91 bits per heavy atom. The molecule has 2 N–H and O–H groups in total. The number of Topliss-reactive ketones (excluding diaryl/α,β-unsaturated/α-hetero) is 1. The first kappa shape index (κ1) is 18.1.